The molecule has 21 heavy (non-hydrogen) atoms. The molecule has 0 unspecified atom stereocenters. The van der Waals surface area contributed by atoms with Crippen LogP contribution in [0.15, 0.2) is 24.5 Å². The summed E-state index contributed by atoms with van der Waals surface area (Å²) in [7, 11) is 0. The summed E-state index contributed by atoms with van der Waals surface area (Å²) in [4.78, 5) is 12.1. The lowest BCUT2D eigenvalue weighted by Crippen LogP contribution is -2.41. The molecule has 1 saturated heterocycles. The van der Waals surface area contributed by atoms with Gasteiger partial charge in [-0.05, 0) is 30.7 Å². The van der Waals surface area contributed by atoms with Crippen LogP contribution >= 0.6 is 11.6 Å². The first-order chi connectivity index (χ1) is 10.1. The van der Waals surface area contributed by atoms with Crippen molar-refractivity contribution in [3.63, 3.8) is 0 Å². The quantitative estimate of drug-likeness (QED) is 0.880. The molecule has 2 heterocycles. The van der Waals surface area contributed by atoms with Crippen LogP contribution in [0.4, 0.5) is 5.95 Å². The Morgan fingerprint density at radius 2 is 2.14 bits per heavy atom. The molecule has 0 radical (unpaired) electrons. The van der Waals surface area contributed by atoms with E-state index in [2.05, 4.69) is 27.2 Å². The maximum atomic E-state index is 6.22. The Hall–Kier alpha value is -1.76. The molecule has 0 bridgehead atoms. The second-order valence-corrected chi connectivity index (χ2v) is 5.53. The predicted molar refractivity (Wildman–Crippen MR) is 80.8 cm³/mol. The highest BCUT2D eigenvalue weighted by Gasteiger charge is 2.21. The molecule has 2 aromatic rings. The van der Waals surface area contributed by atoms with Crippen LogP contribution in [0, 0.1) is 0 Å². The minimum Gasteiger partial charge on any atom is -0.378 e. The zero-order valence-electron chi connectivity index (χ0n) is 11.6. The smallest absolute Gasteiger partial charge is 0.223 e. The van der Waals surface area contributed by atoms with Crippen LogP contribution < -0.4 is 11.1 Å². The van der Waals surface area contributed by atoms with Crippen molar-refractivity contribution in [2.45, 2.75) is 19.0 Å². The maximum absolute atomic E-state index is 6.22. The van der Waals surface area contributed by atoms with Crippen LogP contribution in [-0.2, 0) is 4.74 Å². The molecular weight excluding hydrogens is 290 g/mol. The van der Waals surface area contributed by atoms with Gasteiger partial charge < -0.3 is 15.8 Å². The number of halogens is 1. The van der Waals surface area contributed by atoms with Gasteiger partial charge in [0.2, 0.25) is 5.95 Å². The molecule has 1 aliphatic rings. The number of anilines is 1. The highest BCUT2D eigenvalue weighted by Crippen LogP contribution is 2.27. The number of rotatable bonds is 2. The minimum atomic E-state index is 0.102. The molecule has 1 aliphatic heterocycles. The molecule has 0 amide bonds. The van der Waals surface area contributed by atoms with Crippen molar-refractivity contribution in [2.75, 3.05) is 18.9 Å². The molecule has 0 spiro atoms. The van der Waals surface area contributed by atoms with Crippen LogP contribution in [-0.4, -0.2) is 34.2 Å². The number of hydrogen-bond acceptors (Lipinski definition) is 6. The molecule has 2 atom stereocenters. The number of morpholine rings is 1. The topological polar surface area (TPSA) is 86.0 Å². The Morgan fingerprint density at radius 1 is 1.29 bits per heavy atom. The third-order valence-corrected chi connectivity index (χ3v) is 3.53. The van der Waals surface area contributed by atoms with Crippen LogP contribution in [0.2, 0.25) is 5.02 Å². The second kappa shape index (κ2) is 5.93. The maximum Gasteiger partial charge on any atom is 0.223 e. The molecule has 0 saturated carbocycles. The Bertz CT molecular complexity index is 651. The highest BCUT2D eigenvalue weighted by atomic mass is 35.5. The van der Waals surface area contributed by atoms with E-state index < -0.39 is 0 Å². The van der Waals surface area contributed by atoms with Crippen molar-refractivity contribution < 1.29 is 4.74 Å². The first kappa shape index (κ1) is 14.2. The fourth-order valence-electron chi connectivity index (χ4n) is 2.39. The second-order valence-electron chi connectivity index (χ2n) is 5.10. The third-order valence-electron chi connectivity index (χ3n) is 3.31. The molecule has 1 aromatic carbocycles. The average molecular weight is 306 g/mol. The average Bonchev–Trinajstić information content (AvgIpc) is 2.46. The van der Waals surface area contributed by atoms with Gasteiger partial charge in [0, 0.05) is 16.6 Å². The lowest BCUT2D eigenvalue weighted by molar-refractivity contribution is 0.0504. The largest absolute Gasteiger partial charge is 0.378 e. The molecule has 3 N–H and O–H groups in total. The van der Waals surface area contributed by atoms with Gasteiger partial charge in [0.1, 0.15) is 6.33 Å². The molecule has 1 aromatic heterocycles. The van der Waals surface area contributed by atoms with Gasteiger partial charge in [-0.2, -0.15) is 4.98 Å². The summed E-state index contributed by atoms with van der Waals surface area (Å²) < 4.78 is 5.59. The van der Waals surface area contributed by atoms with E-state index in [-0.39, 0.29) is 12.0 Å². The molecule has 0 aliphatic carbocycles. The molecule has 7 heteroatoms. The number of benzene rings is 1. The van der Waals surface area contributed by atoms with E-state index in [4.69, 9.17) is 22.1 Å². The Balaban J connectivity index is 1.96. The van der Waals surface area contributed by atoms with Gasteiger partial charge in [-0.3, -0.25) is 0 Å². The standard InChI is InChI=1S/C14H16ClN5O/c1-8-5-21-6-12(19-8)9-2-10(4-11(15)3-9)13-17-7-18-14(16)20-13/h2-4,7-8,12,19H,5-6H2,1H3,(H2,16,17,18,20)/t8-,12+/m1/s1. The SMILES string of the molecule is C[C@@H]1COC[C@@H](c2cc(Cl)cc(-c3ncnc(N)n3)c2)N1. The number of nitrogens with one attached hydrogen (secondary N) is 1. The Labute approximate surface area is 127 Å². The summed E-state index contributed by atoms with van der Waals surface area (Å²) in [6, 6.07) is 6.14. The van der Waals surface area contributed by atoms with Gasteiger partial charge in [0.25, 0.3) is 0 Å². The summed E-state index contributed by atoms with van der Waals surface area (Å²) in [5, 5.41) is 4.11. The fourth-order valence-corrected chi connectivity index (χ4v) is 2.63. The van der Waals surface area contributed by atoms with Crippen molar-refractivity contribution in [1.82, 2.24) is 20.3 Å². The summed E-state index contributed by atoms with van der Waals surface area (Å²) in [5.41, 5.74) is 7.46. The van der Waals surface area contributed by atoms with E-state index in [9.17, 15) is 0 Å². The van der Waals surface area contributed by atoms with Crippen molar-refractivity contribution in [1.29, 1.82) is 0 Å². The summed E-state index contributed by atoms with van der Waals surface area (Å²) in [5.74, 6) is 0.699. The van der Waals surface area contributed by atoms with Gasteiger partial charge >= 0.3 is 0 Å². The predicted octanol–water partition coefficient (Wildman–Crippen LogP) is 1.82. The monoisotopic (exact) mass is 305 g/mol. The van der Waals surface area contributed by atoms with E-state index in [1.807, 2.05) is 18.2 Å². The zero-order valence-corrected chi connectivity index (χ0v) is 12.3. The first-order valence-electron chi connectivity index (χ1n) is 6.71. The van der Waals surface area contributed by atoms with Gasteiger partial charge in [-0.25, -0.2) is 9.97 Å². The number of ether oxygens (including phenoxy) is 1. The number of nitrogens with zero attached hydrogens (tertiary/aromatic N) is 3. The van der Waals surface area contributed by atoms with E-state index in [0.717, 1.165) is 11.1 Å². The van der Waals surface area contributed by atoms with Gasteiger partial charge in [-0.15, -0.1) is 0 Å². The number of aromatic nitrogens is 3. The normalized spacial score (nSPS) is 22.2. The summed E-state index contributed by atoms with van der Waals surface area (Å²) in [6.45, 7) is 3.42. The number of nitrogens with two attached hydrogens (primary N) is 1. The molecular formula is C14H16ClN5O. The van der Waals surface area contributed by atoms with Crippen LogP contribution in [0.5, 0.6) is 0 Å². The van der Waals surface area contributed by atoms with E-state index >= 15 is 0 Å². The zero-order chi connectivity index (χ0) is 14.8. The van der Waals surface area contributed by atoms with Gasteiger partial charge in [0.15, 0.2) is 5.82 Å². The molecule has 110 valence electrons. The van der Waals surface area contributed by atoms with E-state index in [0.29, 0.717) is 30.1 Å². The van der Waals surface area contributed by atoms with E-state index in [1.165, 1.54) is 6.33 Å². The molecule has 3 rings (SSSR count). The van der Waals surface area contributed by atoms with Crippen LogP contribution in [0.1, 0.15) is 18.5 Å². The van der Waals surface area contributed by atoms with E-state index in [1.54, 1.807) is 0 Å². The first-order valence-corrected chi connectivity index (χ1v) is 7.09. The molecule has 6 nitrogen and oxygen atoms in total. The Kier molecular flexibility index (Phi) is 4.01. The van der Waals surface area contributed by atoms with Crippen molar-refractivity contribution in [3.8, 4) is 11.4 Å². The van der Waals surface area contributed by atoms with Crippen LogP contribution in [0.25, 0.3) is 11.4 Å². The third kappa shape index (κ3) is 3.29. The van der Waals surface area contributed by atoms with Crippen molar-refractivity contribution in [3.05, 3.63) is 35.1 Å². The lowest BCUT2D eigenvalue weighted by atomic mass is 10.0. The van der Waals surface area contributed by atoms with Crippen LogP contribution in [0.3, 0.4) is 0 Å². The summed E-state index contributed by atoms with van der Waals surface area (Å²) in [6.07, 6.45) is 1.39. The number of nitrogen functional groups attached to an aromatic ring is 1. The van der Waals surface area contributed by atoms with Gasteiger partial charge in [-0.1, -0.05) is 11.6 Å². The van der Waals surface area contributed by atoms with Crippen molar-refractivity contribution >= 4 is 17.5 Å². The molecule has 1 fully saturated rings. The van der Waals surface area contributed by atoms with Gasteiger partial charge in [0.05, 0.1) is 19.3 Å². The van der Waals surface area contributed by atoms with Crippen molar-refractivity contribution in [2.24, 2.45) is 0 Å². The lowest BCUT2D eigenvalue weighted by Gasteiger charge is -2.29. The highest BCUT2D eigenvalue weighted by molar-refractivity contribution is 6.30. The fraction of sp³-hybridized carbons (Fsp3) is 0.357. The Morgan fingerprint density at radius 3 is 2.90 bits per heavy atom. The number of hydrogen-bond donors (Lipinski definition) is 2. The summed E-state index contributed by atoms with van der Waals surface area (Å²) >= 11 is 6.22. The minimum absolute atomic E-state index is 0.102.